The van der Waals surface area contributed by atoms with E-state index in [2.05, 4.69) is 13.8 Å². The zero-order chi connectivity index (χ0) is 10.8. The van der Waals surface area contributed by atoms with Crippen LogP contribution in [-0.2, 0) is 4.79 Å². The van der Waals surface area contributed by atoms with Crippen LogP contribution in [0.5, 0.6) is 0 Å². The minimum Gasteiger partial charge on any atom is -0.550 e. The minimum absolute atomic E-state index is 0. The van der Waals surface area contributed by atoms with Gasteiger partial charge in [-0.05, 0) is 31.4 Å². The molecule has 84 valence electrons. The minimum atomic E-state index is -0.916. The number of unbranched alkanes of at least 4 members (excludes halogenated alkanes) is 1. The zero-order valence-electron chi connectivity index (χ0n) is 10.3. The molecule has 0 aliphatic rings. The SMILES string of the molecule is CCCC(CCCCC(=O)[O-])SCC.[Na+]. The Hall–Kier alpha value is 0.820. The number of rotatable bonds is 9. The first-order chi connectivity index (χ1) is 6.70. The molecule has 0 radical (unpaired) electrons. The van der Waals surface area contributed by atoms with E-state index in [0.717, 1.165) is 30.3 Å². The van der Waals surface area contributed by atoms with E-state index in [4.69, 9.17) is 0 Å². The van der Waals surface area contributed by atoms with Crippen molar-refractivity contribution in [3.8, 4) is 0 Å². The Labute approximate surface area is 120 Å². The molecule has 1 unspecified atom stereocenters. The average molecular weight is 240 g/mol. The molecule has 1 atom stereocenters. The van der Waals surface area contributed by atoms with Crippen molar-refractivity contribution in [1.82, 2.24) is 0 Å². The first-order valence-corrected chi connectivity index (χ1v) is 6.57. The summed E-state index contributed by atoms with van der Waals surface area (Å²) in [6.07, 6.45) is 5.63. The van der Waals surface area contributed by atoms with Crippen LogP contribution in [0.15, 0.2) is 0 Å². The number of carbonyl (C=O) groups excluding carboxylic acids is 1. The molecule has 0 heterocycles. The van der Waals surface area contributed by atoms with Crippen molar-refractivity contribution in [3.63, 3.8) is 0 Å². The second-order valence-electron chi connectivity index (χ2n) is 3.48. The summed E-state index contributed by atoms with van der Waals surface area (Å²) in [5.41, 5.74) is 0. The third kappa shape index (κ3) is 12.8. The number of hydrogen-bond donors (Lipinski definition) is 0. The van der Waals surface area contributed by atoms with Gasteiger partial charge in [0.2, 0.25) is 0 Å². The maximum absolute atomic E-state index is 10.2. The van der Waals surface area contributed by atoms with Crippen molar-refractivity contribution >= 4 is 17.7 Å². The molecular weight excluding hydrogens is 219 g/mol. The molecule has 0 N–H and O–H groups in total. The standard InChI is InChI=1S/C11H22O2S.Na/c1-3-7-10(14-4-2)8-5-6-9-11(12)13;/h10H,3-9H2,1-2H3,(H,12,13);/q;+1/p-1. The van der Waals surface area contributed by atoms with Gasteiger partial charge in [0, 0.05) is 11.2 Å². The van der Waals surface area contributed by atoms with Crippen molar-refractivity contribution in [2.45, 2.75) is 57.6 Å². The van der Waals surface area contributed by atoms with Crippen LogP contribution in [0, 0.1) is 0 Å². The van der Waals surface area contributed by atoms with Crippen molar-refractivity contribution in [3.05, 3.63) is 0 Å². The Bertz CT molecular complexity index is 148. The van der Waals surface area contributed by atoms with Crippen molar-refractivity contribution in [2.24, 2.45) is 0 Å². The molecule has 0 saturated heterocycles. The quantitative estimate of drug-likeness (QED) is 0.392. The summed E-state index contributed by atoms with van der Waals surface area (Å²) in [5, 5.41) is 10.9. The Balaban J connectivity index is 0. The molecule has 4 heteroatoms. The van der Waals surface area contributed by atoms with Crippen LogP contribution in [0.25, 0.3) is 0 Å². The molecule has 2 nitrogen and oxygen atoms in total. The number of carboxylic acids is 1. The number of thioether (sulfide) groups is 1. The number of carboxylic acid groups (broad SMARTS) is 1. The van der Waals surface area contributed by atoms with Gasteiger partial charge in [-0.15, -0.1) is 0 Å². The molecule has 0 saturated carbocycles. The van der Waals surface area contributed by atoms with Crippen LogP contribution in [0.2, 0.25) is 0 Å². The van der Waals surface area contributed by atoms with Crippen LogP contribution in [0.4, 0.5) is 0 Å². The van der Waals surface area contributed by atoms with Gasteiger partial charge in [0.05, 0.1) is 0 Å². The first kappa shape index (κ1) is 18.2. The Morgan fingerprint density at radius 1 is 1.27 bits per heavy atom. The van der Waals surface area contributed by atoms with Gasteiger partial charge < -0.3 is 9.90 Å². The van der Waals surface area contributed by atoms with Crippen LogP contribution in [0.3, 0.4) is 0 Å². The molecule has 0 aromatic heterocycles. The van der Waals surface area contributed by atoms with Crippen molar-refractivity contribution in [1.29, 1.82) is 0 Å². The monoisotopic (exact) mass is 240 g/mol. The summed E-state index contributed by atoms with van der Waals surface area (Å²) < 4.78 is 0. The molecule has 0 amide bonds. The first-order valence-electron chi connectivity index (χ1n) is 5.52. The van der Waals surface area contributed by atoms with Gasteiger partial charge in [0.25, 0.3) is 0 Å². The molecule has 15 heavy (non-hydrogen) atoms. The van der Waals surface area contributed by atoms with Crippen LogP contribution in [0.1, 0.15) is 52.4 Å². The number of carbonyl (C=O) groups is 1. The van der Waals surface area contributed by atoms with Crippen molar-refractivity contribution in [2.75, 3.05) is 5.75 Å². The third-order valence-corrected chi connectivity index (χ3v) is 3.45. The summed E-state index contributed by atoms with van der Waals surface area (Å²) in [6.45, 7) is 4.37. The number of aliphatic carboxylic acids is 1. The fourth-order valence-electron chi connectivity index (χ4n) is 1.51. The maximum atomic E-state index is 10.2. The predicted molar refractivity (Wildman–Crippen MR) is 60.3 cm³/mol. The van der Waals surface area contributed by atoms with Gasteiger partial charge >= 0.3 is 29.6 Å². The fraction of sp³-hybridized carbons (Fsp3) is 0.909. The predicted octanol–water partition coefficient (Wildman–Crippen LogP) is -0.777. The summed E-state index contributed by atoms with van der Waals surface area (Å²) in [6, 6.07) is 0. The van der Waals surface area contributed by atoms with E-state index in [1.165, 1.54) is 12.8 Å². The molecule has 0 aromatic rings. The Kier molecular flexibility index (Phi) is 15.6. The fourth-order valence-corrected chi connectivity index (χ4v) is 2.72. The summed E-state index contributed by atoms with van der Waals surface area (Å²) in [5.74, 6) is 0.241. The van der Waals surface area contributed by atoms with E-state index in [1.54, 1.807) is 0 Å². The van der Waals surface area contributed by atoms with E-state index in [9.17, 15) is 9.90 Å². The van der Waals surface area contributed by atoms with E-state index in [0.29, 0.717) is 0 Å². The molecule has 0 aliphatic heterocycles. The van der Waals surface area contributed by atoms with Crippen LogP contribution in [-0.4, -0.2) is 17.0 Å². The molecule has 0 rings (SSSR count). The normalized spacial score (nSPS) is 11.9. The van der Waals surface area contributed by atoms with Crippen LogP contribution < -0.4 is 34.7 Å². The Morgan fingerprint density at radius 2 is 1.93 bits per heavy atom. The van der Waals surface area contributed by atoms with Gasteiger partial charge in [-0.25, -0.2) is 0 Å². The van der Waals surface area contributed by atoms with Crippen LogP contribution >= 0.6 is 11.8 Å². The van der Waals surface area contributed by atoms with E-state index >= 15 is 0 Å². The molecule has 0 fully saturated rings. The topological polar surface area (TPSA) is 40.1 Å². The summed E-state index contributed by atoms with van der Waals surface area (Å²) in [4.78, 5) is 10.2. The van der Waals surface area contributed by atoms with Gasteiger partial charge in [0.15, 0.2) is 0 Å². The van der Waals surface area contributed by atoms with E-state index in [1.807, 2.05) is 11.8 Å². The zero-order valence-corrected chi connectivity index (χ0v) is 13.1. The third-order valence-electron chi connectivity index (χ3n) is 2.17. The molecule has 0 aliphatic carbocycles. The van der Waals surface area contributed by atoms with Gasteiger partial charge in [-0.2, -0.15) is 11.8 Å². The Morgan fingerprint density at radius 3 is 2.40 bits per heavy atom. The van der Waals surface area contributed by atoms with Gasteiger partial charge in [-0.1, -0.05) is 26.7 Å². The summed E-state index contributed by atoms with van der Waals surface area (Å²) >= 11 is 2.00. The van der Waals surface area contributed by atoms with Crippen molar-refractivity contribution < 1.29 is 39.5 Å². The second-order valence-corrected chi connectivity index (χ2v) is 5.06. The van der Waals surface area contributed by atoms with E-state index < -0.39 is 5.97 Å². The van der Waals surface area contributed by atoms with E-state index in [-0.39, 0.29) is 36.0 Å². The molecule has 0 spiro atoms. The molecule has 0 aromatic carbocycles. The number of hydrogen-bond acceptors (Lipinski definition) is 3. The molecular formula is C11H21NaO2S. The largest absolute Gasteiger partial charge is 1.00 e. The summed E-state index contributed by atoms with van der Waals surface area (Å²) in [7, 11) is 0. The van der Waals surface area contributed by atoms with Gasteiger partial charge in [-0.3, -0.25) is 0 Å². The van der Waals surface area contributed by atoms with Gasteiger partial charge in [0.1, 0.15) is 0 Å². The second kappa shape index (κ2) is 12.9. The maximum Gasteiger partial charge on any atom is 1.00 e. The average Bonchev–Trinajstić information content (AvgIpc) is 2.12. The smallest absolute Gasteiger partial charge is 0.550 e. The molecule has 0 bridgehead atoms.